The third-order valence-corrected chi connectivity index (χ3v) is 5.13. The summed E-state index contributed by atoms with van der Waals surface area (Å²) in [5.74, 6) is 1.28. The van der Waals surface area contributed by atoms with Gasteiger partial charge in [0.05, 0.1) is 0 Å². The fraction of sp³-hybridized carbons (Fsp3) is 0.667. The first-order valence-corrected chi connectivity index (χ1v) is 8.66. The van der Waals surface area contributed by atoms with E-state index in [4.69, 9.17) is 0 Å². The lowest BCUT2D eigenvalue weighted by molar-refractivity contribution is -0.134. The first-order valence-electron chi connectivity index (χ1n) is 8.66. The summed E-state index contributed by atoms with van der Waals surface area (Å²) in [6, 6.07) is 4.35. The highest BCUT2D eigenvalue weighted by molar-refractivity contribution is 5.73. The zero-order chi connectivity index (χ0) is 16.4. The Bertz CT molecular complexity index is 549. The Labute approximate surface area is 139 Å². The molecule has 0 atom stereocenters. The number of pyridine rings is 1. The lowest BCUT2D eigenvalue weighted by Crippen LogP contribution is -2.59. The lowest BCUT2D eigenvalue weighted by atomic mass is 9.98. The summed E-state index contributed by atoms with van der Waals surface area (Å²) in [4.78, 5) is 23.0. The number of aromatic nitrogens is 1. The van der Waals surface area contributed by atoms with Crippen molar-refractivity contribution in [3.8, 4) is 0 Å². The van der Waals surface area contributed by atoms with E-state index in [9.17, 15) is 4.79 Å². The quantitative estimate of drug-likeness (QED) is 0.856. The lowest BCUT2D eigenvalue weighted by Gasteiger charge is -2.47. The molecule has 3 rings (SSSR count). The third-order valence-electron chi connectivity index (χ3n) is 5.13. The highest BCUT2D eigenvalue weighted by atomic mass is 16.2. The number of hydrogen-bond donors (Lipinski definition) is 0. The molecular formula is C18H28N4O. The van der Waals surface area contributed by atoms with Crippen LogP contribution in [0.3, 0.4) is 0 Å². The van der Waals surface area contributed by atoms with Crippen molar-refractivity contribution in [2.45, 2.75) is 45.7 Å². The van der Waals surface area contributed by atoms with Crippen molar-refractivity contribution in [3.63, 3.8) is 0 Å². The van der Waals surface area contributed by atoms with Crippen LogP contribution in [-0.4, -0.2) is 59.0 Å². The third kappa shape index (κ3) is 3.66. The number of rotatable bonds is 3. The van der Waals surface area contributed by atoms with E-state index in [1.54, 1.807) is 6.92 Å². The van der Waals surface area contributed by atoms with Gasteiger partial charge in [-0.15, -0.1) is 0 Å². The van der Waals surface area contributed by atoms with E-state index in [2.05, 4.69) is 40.8 Å². The van der Waals surface area contributed by atoms with Gasteiger partial charge in [0.1, 0.15) is 5.82 Å². The van der Waals surface area contributed by atoms with Crippen LogP contribution < -0.4 is 4.90 Å². The van der Waals surface area contributed by atoms with Gasteiger partial charge in [-0.05, 0) is 38.3 Å². The SMILES string of the molecule is CC(=O)N1CCN(Cc2ccc(N3CCCC3)nc2)C(C)(C)C1. The van der Waals surface area contributed by atoms with Gasteiger partial charge in [0.25, 0.3) is 0 Å². The van der Waals surface area contributed by atoms with Crippen molar-refractivity contribution in [1.82, 2.24) is 14.8 Å². The van der Waals surface area contributed by atoms with Crippen LogP contribution in [-0.2, 0) is 11.3 Å². The van der Waals surface area contributed by atoms with Crippen LogP contribution in [0, 0.1) is 0 Å². The first-order chi connectivity index (χ1) is 11.0. The summed E-state index contributed by atoms with van der Waals surface area (Å²) < 4.78 is 0. The maximum Gasteiger partial charge on any atom is 0.219 e. The molecule has 2 aliphatic heterocycles. The molecule has 2 fully saturated rings. The van der Waals surface area contributed by atoms with E-state index >= 15 is 0 Å². The molecule has 0 aromatic carbocycles. The second-order valence-electron chi connectivity index (χ2n) is 7.39. The van der Waals surface area contributed by atoms with Crippen LogP contribution in [0.5, 0.6) is 0 Å². The minimum atomic E-state index is -0.00244. The number of carbonyl (C=O) groups is 1. The van der Waals surface area contributed by atoms with E-state index in [0.29, 0.717) is 0 Å². The Hall–Kier alpha value is -1.62. The van der Waals surface area contributed by atoms with Gasteiger partial charge < -0.3 is 9.80 Å². The summed E-state index contributed by atoms with van der Waals surface area (Å²) in [7, 11) is 0. The summed E-state index contributed by atoms with van der Waals surface area (Å²) in [6.07, 6.45) is 4.57. The maximum absolute atomic E-state index is 11.6. The van der Waals surface area contributed by atoms with Crippen LogP contribution >= 0.6 is 0 Å². The normalized spacial score (nSPS) is 21.7. The number of carbonyl (C=O) groups excluding carboxylic acids is 1. The van der Waals surface area contributed by atoms with Crippen molar-refractivity contribution >= 4 is 11.7 Å². The maximum atomic E-state index is 11.6. The molecule has 2 aliphatic rings. The van der Waals surface area contributed by atoms with Crippen molar-refractivity contribution in [2.24, 2.45) is 0 Å². The Balaban J connectivity index is 1.63. The molecule has 126 valence electrons. The fourth-order valence-electron chi connectivity index (χ4n) is 3.62. The van der Waals surface area contributed by atoms with Crippen LogP contribution in [0.25, 0.3) is 0 Å². The van der Waals surface area contributed by atoms with Gasteiger partial charge in [-0.3, -0.25) is 9.69 Å². The number of amides is 1. The summed E-state index contributed by atoms with van der Waals surface area (Å²) in [6.45, 7) is 11.8. The number of piperazine rings is 1. The van der Waals surface area contributed by atoms with Gasteiger partial charge in [-0.25, -0.2) is 4.98 Å². The first kappa shape index (κ1) is 16.2. The molecule has 0 N–H and O–H groups in total. The molecule has 0 aliphatic carbocycles. The topological polar surface area (TPSA) is 39.7 Å². The summed E-state index contributed by atoms with van der Waals surface area (Å²) in [5, 5.41) is 0. The van der Waals surface area contributed by atoms with Gasteiger partial charge >= 0.3 is 0 Å². The Morgan fingerprint density at radius 3 is 2.48 bits per heavy atom. The molecule has 23 heavy (non-hydrogen) atoms. The van der Waals surface area contributed by atoms with Crippen molar-refractivity contribution < 1.29 is 4.79 Å². The largest absolute Gasteiger partial charge is 0.357 e. The summed E-state index contributed by atoms with van der Waals surface area (Å²) >= 11 is 0. The van der Waals surface area contributed by atoms with E-state index in [1.165, 1.54) is 18.4 Å². The molecular weight excluding hydrogens is 288 g/mol. The molecule has 2 saturated heterocycles. The van der Waals surface area contributed by atoms with Crippen LogP contribution in [0.2, 0.25) is 0 Å². The smallest absolute Gasteiger partial charge is 0.219 e. The molecule has 5 nitrogen and oxygen atoms in total. The predicted octanol–water partition coefficient (Wildman–Crippen LogP) is 2.12. The second kappa shape index (κ2) is 6.48. The minimum Gasteiger partial charge on any atom is -0.357 e. The number of nitrogens with zero attached hydrogens (tertiary/aromatic N) is 4. The number of anilines is 1. The average molecular weight is 316 g/mol. The van der Waals surface area contributed by atoms with Crippen LogP contribution in [0.1, 0.15) is 39.2 Å². The molecule has 0 saturated carbocycles. The van der Waals surface area contributed by atoms with Gasteiger partial charge in [0, 0.05) is 57.9 Å². The Morgan fingerprint density at radius 1 is 1.17 bits per heavy atom. The van der Waals surface area contributed by atoms with Crippen molar-refractivity contribution in [3.05, 3.63) is 23.9 Å². The second-order valence-corrected chi connectivity index (χ2v) is 7.39. The molecule has 0 bridgehead atoms. The number of hydrogen-bond acceptors (Lipinski definition) is 4. The van der Waals surface area contributed by atoms with Crippen LogP contribution in [0.15, 0.2) is 18.3 Å². The van der Waals surface area contributed by atoms with Crippen molar-refractivity contribution in [1.29, 1.82) is 0 Å². The summed E-state index contributed by atoms with van der Waals surface area (Å²) in [5.41, 5.74) is 1.25. The predicted molar refractivity (Wildman–Crippen MR) is 92.4 cm³/mol. The van der Waals surface area contributed by atoms with Crippen molar-refractivity contribution in [2.75, 3.05) is 37.6 Å². The van der Waals surface area contributed by atoms with E-state index < -0.39 is 0 Å². The molecule has 0 spiro atoms. The highest BCUT2D eigenvalue weighted by Gasteiger charge is 2.34. The molecule has 1 aromatic heterocycles. The average Bonchev–Trinajstić information content (AvgIpc) is 3.04. The van der Waals surface area contributed by atoms with Gasteiger partial charge in [-0.2, -0.15) is 0 Å². The van der Waals surface area contributed by atoms with E-state index in [0.717, 1.165) is 45.1 Å². The molecule has 0 unspecified atom stereocenters. The van der Waals surface area contributed by atoms with E-state index in [-0.39, 0.29) is 11.4 Å². The molecule has 1 aromatic rings. The molecule has 3 heterocycles. The molecule has 1 amide bonds. The highest BCUT2D eigenvalue weighted by Crippen LogP contribution is 2.24. The monoisotopic (exact) mass is 316 g/mol. The van der Waals surface area contributed by atoms with Gasteiger partial charge in [-0.1, -0.05) is 6.07 Å². The Kier molecular flexibility index (Phi) is 4.57. The van der Waals surface area contributed by atoms with Crippen LogP contribution in [0.4, 0.5) is 5.82 Å². The van der Waals surface area contributed by atoms with Gasteiger partial charge in [0.2, 0.25) is 5.91 Å². The van der Waals surface area contributed by atoms with Gasteiger partial charge in [0.15, 0.2) is 0 Å². The zero-order valence-corrected chi connectivity index (χ0v) is 14.6. The standard InChI is InChI=1S/C18H28N4O/c1-15(23)21-10-11-22(18(2,3)14-21)13-16-6-7-17(19-12-16)20-8-4-5-9-20/h6-7,12H,4-5,8-11,13-14H2,1-3H3. The molecule has 0 radical (unpaired) electrons. The fourth-order valence-corrected chi connectivity index (χ4v) is 3.62. The minimum absolute atomic E-state index is 0.00244. The Morgan fingerprint density at radius 2 is 1.91 bits per heavy atom. The van der Waals surface area contributed by atoms with E-state index in [1.807, 2.05) is 11.1 Å². The zero-order valence-electron chi connectivity index (χ0n) is 14.6. The molecule has 5 heteroatoms.